The number of nitrogens with zero attached hydrogens (tertiary/aromatic N) is 3. The van der Waals surface area contributed by atoms with Gasteiger partial charge in [0.25, 0.3) is 0 Å². The lowest BCUT2D eigenvalue weighted by molar-refractivity contribution is 0.602. The first-order chi connectivity index (χ1) is 15.2. The summed E-state index contributed by atoms with van der Waals surface area (Å²) in [6, 6.07) is 30.3. The summed E-state index contributed by atoms with van der Waals surface area (Å²) in [7, 11) is 0. The van der Waals surface area contributed by atoms with Gasteiger partial charge in [-0.15, -0.1) is 0 Å². The third-order valence-electron chi connectivity index (χ3n) is 6.18. The molecule has 0 N–H and O–H groups in total. The smallest absolute Gasteiger partial charge is 0.0963 e. The molecule has 31 heavy (non-hydrogen) atoms. The molecular formula is C28H27N3. The highest BCUT2D eigenvalue weighted by molar-refractivity contribution is 5.87. The average molecular weight is 406 g/mol. The van der Waals surface area contributed by atoms with E-state index in [1.165, 1.54) is 33.8 Å². The normalized spacial score (nSPS) is 15.2. The Morgan fingerprint density at radius 3 is 2.26 bits per heavy atom. The van der Waals surface area contributed by atoms with Crippen LogP contribution in [0, 0.1) is 13.8 Å². The first-order valence-corrected chi connectivity index (χ1v) is 10.9. The fourth-order valence-electron chi connectivity index (χ4n) is 4.59. The molecule has 0 aliphatic carbocycles. The number of benzene rings is 3. The Bertz CT molecular complexity index is 1200. The Morgan fingerprint density at radius 2 is 1.48 bits per heavy atom. The van der Waals surface area contributed by atoms with Crippen LogP contribution in [-0.2, 0) is 6.42 Å². The van der Waals surface area contributed by atoms with Gasteiger partial charge >= 0.3 is 0 Å². The number of aliphatic imine (C=N–C) groups is 1. The summed E-state index contributed by atoms with van der Waals surface area (Å²) >= 11 is 0. The summed E-state index contributed by atoms with van der Waals surface area (Å²) in [5.74, 6) is 0. The highest BCUT2D eigenvalue weighted by Gasteiger charge is 2.29. The van der Waals surface area contributed by atoms with Crippen molar-refractivity contribution in [1.82, 2.24) is 4.57 Å². The third-order valence-corrected chi connectivity index (χ3v) is 6.18. The van der Waals surface area contributed by atoms with Gasteiger partial charge in [0, 0.05) is 11.9 Å². The second-order valence-corrected chi connectivity index (χ2v) is 8.22. The van der Waals surface area contributed by atoms with Gasteiger partial charge in [-0.3, -0.25) is 0 Å². The SMILES string of the molecule is Cc1cccc(C)c1N=CN1c2ccccc2-n2cccc2C1CCc1ccccc1. The molecule has 0 amide bonds. The summed E-state index contributed by atoms with van der Waals surface area (Å²) < 4.78 is 2.33. The zero-order chi connectivity index (χ0) is 21.2. The Morgan fingerprint density at radius 1 is 0.774 bits per heavy atom. The van der Waals surface area contributed by atoms with E-state index in [9.17, 15) is 0 Å². The molecule has 5 rings (SSSR count). The molecule has 1 atom stereocenters. The maximum Gasteiger partial charge on any atom is 0.0963 e. The molecule has 3 aromatic carbocycles. The molecule has 0 bridgehead atoms. The number of anilines is 1. The highest BCUT2D eigenvalue weighted by atomic mass is 15.2. The number of para-hydroxylation sites is 3. The molecule has 0 spiro atoms. The molecule has 1 aromatic heterocycles. The predicted molar refractivity (Wildman–Crippen MR) is 130 cm³/mol. The van der Waals surface area contributed by atoms with Crippen LogP contribution >= 0.6 is 0 Å². The van der Waals surface area contributed by atoms with Gasteiger partial charge in [-0.25, -0.2) is 4.99 Å². The minimum atomic E-state index is 0.221. The van der Waals surface area contributed by atoms with E-state index in [1.807, 2.05) is 6.34 Å². The van der Waals surface area contributed by atoms with Gasteiger partial charge in [-0.1, -0.05) is 60.7 Å². The van der Waals surface area contributed by atoms with E-state index in [4.69, 9.17) is 4.99 Å². The molecule has 1 unspecified atom stereocenters. The van der Waals surface area contributed by atoms with Crippen molar-refractivity contribution in [2.24, 2.45) is 4.99 Å². The van der Waals surface area contributed by atoms with E-state index < -0.39 is 0 Å². The molecule has 1 aliphatic heterocycles. The van der Waals surface area contributed by atoms with E-state index in [-0.39, 0.29) is 6.04 Å². The number of aryl methyl sites for hydroxylation is 3. The first-order valence-electron chi connectivity index (χ1n) is 10.9. The van der Waals surface area contributed by atoms with Crippen LogP contribution in [-0.4, -0.2) is 10.9 Å². The Hall–Kier alpha value is -3.59. The molecule has 2 heterocycles. The fraction of sp³-hybridized carbons (Fsp3) is 0.179. The van der Waals surface area contributed by atoms with Gasteiger partial charge in [0.2, 0.25) is 0 Å². The van der Waals surface area contributed by atoms with Gasteiger partial charge in [-0.05, 0) is 67.6 Å². The van der Waals surface area contributed by atoms with Crippen molar-refractivity contribution in [3.8, 4) is 5.69 Å². The lowest BCUT2D eigenvalue weighted by Crippen LogP contribution is -2.33. The molecule has 0 saturated heterocycles. The minimum absolute atomic E-state index is 0.221. The van der Waals surface area contributed by atoms with Crippen molar-refractivity contribution >= 4 is 17.7 Å². The number of aromatic nitrogens is 1. The van der Waals surface area contributed by atoms with E-state index in [0.29, 0.717) is 0 Å². The number of hydrogen-bond acceptors (Lipinski definition) is 1. The highest BCUT2D eigenvalue weighted by Crippen LogP contribution is 2.40. The van der Waals surface area contributed by atoms with Crippen LogP contribution in [0.3, 0.4) is 0 Å². The van der Waals surface area contributed by atoms with E-state index >= 15 is 0 Å². The van der Waals surface area contributed by atoms with Gasteiger partial charge in [0.15, 0.2) is 0 Å². The summed E-state index contributed by atoms with van der Waals surface area (Å²) in [6.07, 6.45) is 6.25. The number of rotatable bonds is 5. The Labute approximate surface area is 184 Å². The predicted octanol–water partition coefficient (Wildman–Crippen LogP) is 6.95. The van der Waals surface area contributed by atoms with Gasteiger partial charge < -0.3 is 9.47 Å². The van der Waals surface area contributed by atoms with Crippen LogP contribution in [0.15, 0.2) is 96.1 Å². The van der Waals surface area contributed by atoms with Crippen LogP contribution in [0.25, 0.3) is 5.69 Å². The quantitative estimate of drug-likeness (QED) is 0.260. The van der Waals surface area contributed by atoms with E-state index in [0.717, 1.165) is 18.5 Å². The van der Waals surface area contributed by atoms with Crippen molar-refractivity contribution in [2.45, 2.75) is 32.7 Å². The molecule has 4 aromatic rings. The van der Waals surface area contributed by atoms with E-state index in [1.54, 1.807) is 0 Å². The molecular weight excluding hydrogens is 378 g/mol. The molecule has 3 nitrogen and oxygen atoms in total. The molecule has 0 saturated carbocycles. The van der Waals surface area contributed by atoms with Crippen molar-refractivity contribution in [1.29, 1.82) is 0 Å². The topological polar surface area (TPSA) is 20.5 Å². The lowest BCUT2D eigenvalue weighted by Gasteiger charge is -2.37. The van der Waals surface area contributed by atoms with Gasteiger partial charge in [0.1, 0.15) is 0 Å². The lowest BCUT2D eigenvalue weighted by atomic mass is 9.99. The van der Waals surface area contributed by atoms with Gasteiger partial charge in [-0.2, -0.15) is 0 Å². The number of fused-ring (bicyclic) bond motifs is 3. The maximum absolute atomic E-state index is 4.98. The monoisotopic (exact) mass is 405 g/mol. The maximum atomic E-state index is 4.98. The summed E-state index contributed by atoms with van der Waals surface area (Å²) in [5.41, 5.74) is 8.53. The van der Waals surface area contributed by atoms with Crippen molar-refractivity contribution in [3.05, 3.63) is 114 Å². The molecule has 0 fully saturated rings. The van der Waals surface area contributed by atoms with Crippen molar-refractivity contribution < 1.29 is 0 Å². The van der Waals surface area contributed by atoms with Crippen LogP contribution in [0.2, 0.25) is 0 Å². The van der Waals surface area contributed by atoms with Crippen molar-refractivity contribution in [3.63, 3.8) is 0 Å². The minimum Gasteiger partial charge on any atom is -0.321 e. The molecule has 1 aliphatic rings. The summed E-state index contributed by atoms with van der Waals surface area (Å²) in [6.45, 7) is 4.25. The second-order valence-electron chi connectivity index (χ2n) is 8.22. The van der Waals surface area contributed by atoms with Crippen LogP contribution in [0.4, 0.5) is 11.4 Å². The fourth-order valence-corrected chi connectivity index (χ4v) is 4.59. The number of hydrogen-bond donors (Lipinski definition) is 0. The molecule has 154 valence electrons. The Balaban J connectivity index is 1.56. The first kappa shape index (κ1) is 19.4. The van der Waals surface area contributed by atoms with Crippen molar-refractivity contribution in [2.75, 3.05) is 4.90 Å². The summed E-state index contributed by atoms with van der Waals surface area (Å²) in [5, 5.41) is 0. The van der Waals surface area contributed by atoms with Gasteiger partial charge in [0.05, 0.1) is 29.4 Å². The zero-order valence-corrected chi connectivity index (χ0v) is 18.1. The Kier molecular flexibility index (Phi) is 5.17. The van der Waals surface area contributed by atoms with Crippen LogP contribution in [0.5, 0.6) is 0 Å². The zero-order valence-electron chi connectivity index (χ0n) is 18.1. The third kappa shape index (κ3) is 3.68. The standard InChI is InChI=1S/C28H27N3/c1-21-10-8-11-22(2)28(21)29-20-31-26-15-7-6-14-24(26)30-19-9-16-25(30)27(31)18-17-23-12-4-3-5-13-23/h3-16,19-20,27H,17-18H2,1-2H3. The second kappa shape index (κ2) is 8.27. The van der Waals surface area contributed by atoms with Crippen LogP contribution < -0.4 is 4.90 Å². The molecule has 3 heteroatoms. The average Bonchev–Trinajstić information content (AvgIpc) is 3.28. The molecule has 0 radical (unpaired) electrons. The van der Waals surface area contributed by atoms with Crippen LogP contribution in [0.1, 0.15) is 34.8 Å². The summed E-state index contributed by atoms with van der Waals surface area (Å²) in [4.78, 5) is 7.34. The van der Waals surface area contributed by atoms with E-state index in [2.05, 4.69) is 114 Å². The largest absolute Gasteiger partial charge is 0.321 e.